The zero-order valence-corrected chi connectivity index (χ0v) is 17.3. The van der Waals surface area contributed by atoms with Crippen LogP contribution in [0.1, 0.15) is 19.8 Å². The van der Waals surface area contributed by atoms with E-state index >= 15 is 0 Å². The number of hydrogen-bond donors (Lipinski definition) is 2. The van der Waals surface area contributed by atoms with Gasteiger partial charge in [-0.2, -0.15) is 6.20 Å². The van der Waals surface area contributed by atoms with Gasteiger partial charge in [-0.3, -0.25) is 4.99 Å². The van der Waals surface area contributed by atoms with Crippen LogP contribution in [-0.2, 0) is 13.7 Å². The van der Waals surface area contributed by atoms with Crippen molar-refractivity contribution in [3.8, 4) is 0 Å². The standard InChI is InChI=1S/C20H23N4.BrH.Ni/c1-2-16-14-23-19-10-5-3-8-17(19)21-12-7-13-22-18-9-4-6-11-20(18)24-15-16;;/h3-6,8-11,14-15,21-22H,2,7,12-13H2,1H3;1H;/q-1;;+1/p-1/b16-14-,24-15?;;. The van der Waals surface area contributed by atoms with E-state index in [0.717, 1.165) is 54.3 Å². The molecule has 0 fully saturated rings. The summed E-state index contributed by atoms with van der Waals surface area (Å²) in [7, 11) is 0. The molecule has 0 atom stereocenters. The van der Waals surface area contributed by atoms with Crippen molar-refractivity contribution in [1.82, 2.24) is 0 Å². The molecule has 4 nitrogen and oxygen atoms in total. The Bertz CT molecular complexity index is 746. The fraction of sp³-hybridized carbons (Fsp3) is 0.250. The van der Waals surface area contributed by atoms with Gasteiger partial charge in [-0.25, -0.2) is 0 Å². The molecular weight excluding hydrogens is 435 g/mol. The molecule has 0 amide bonds. The number of nitrogens with one attached hydrogen (secondary N) is 2. The molecule has 0 aliphatic carbocycles. The summed E-state index contributed by atoms with van der Waals surface area (Å²) in [6.07, 6.45) is 5.72. The summed E-state index contributed by atoms with van der Waals surface area (Å²) in [4.78, 5) is 4.65. The summed E-state index contributed by atoms with van der Waals surface area (Å²) in [5.41, 5.74) is 5.15. The Morgan fingerprint density at radius 1 is 1.00 bits per heavy atom. The molecule has 0 unspecified atom stereocenters. The monoisotopic (exact) mass is 456 g/mol. The Labute approximate surface area is 170 Å². The Balaban J connectivity index is 0.00000117. The van der Waals surface area contributed by atoms with Crippen molar-refractivity contribution in [2.24, 2.45) is 4.99 Å². The second-order valence-electron chi connectivity index (χ2n) is 5.69. The van der Waals surface area contributed by atoms with Crippen LogP contribution in [0.4, 0.5) is 22.7 Å². The predicted octanol–water partition coefficient (Wildman–Crippen LogP) is 6.46. The molecule has 0 bridgehead atoms. The van der Waals surface area contributed by atoms with Crippen LogP contribution in [0.25, 0.3) is 5.32 Å². The van der Waals surface area contributed by atoms with E-state index < -0.39 is 0 Å². The molecule has 0 saturated carbocycles. The summed E-state index contributed by atoms with van der Waals surface area (Å²) in [6.45, 7) is 3.91. The van der Waals surface area contributed by atoms with Gasteiger partial charge in [0, 0.05) is 25.0 Å². The van der Waals surface area contributed by atoms with Gasteiger partial charge < -0.3 is 16.0 Å². The second-order valence-corrected chi connectivity index (χ2v) is 5.69. The quantitative estimate of drug-likeness (QED) is 0.483. The Morgan fingerprint density at radius 3 is 2.42 bits per heavy atom. The molecule has 3 rings (SSSR count). The Hall–Kier alpha value is -1.78. The average molecular weight is 458 g/mol. The van der Waals surface area contributed by atoms with Gasteiger partial charge in [0.15, 0.2) is 0 Å². The van der Waals surface area contributed by atoms with Gasteiger partial charge in [0.1, 0.15) is 0 Å². The number of allylic oxidation sites excluding steroid dienone is 1. The van der Waals surface area contributed by atoms with Crippen molar-refractivity contribution in [1.29, 1.82) is 0 Å². The number of nitrogens with zero attached hydrogens (tertiary/aromatic N) is 2. The van der Waals surface area contributed by atoms with E-state index in [9.17, 15) is 0 Å². The van der Waals surface area contributed by atoms with Gasteiger partial charge in [0.05, 0.1) is 11.4 Å². The molecule has 2 N–H and O–H groups in total. The molecule has 2 aromatic carbocycles. The van der Waals surface area contributed by atoms with Crippen LogP contribution in [-0.4, -0.2) is 19.3 Å². The van der Waals surface area contributed by atoms with Crippen molar-refractivity contribution < 1.29 is 13.7 Å². The van der Waals surface area contributed by atoms with Gasteiger partial charge in [-0.15, -0.1) is 5.69 Å². The van der Waals surface area contributed by atoms with Crippen molar-refractivity contribution in [2.75, 3.05) is 23.7 Å². The predicted molar refractivity (Wildman–Crippen MR) is 113 cm³/mol. The molecule has 0 radical (unpaired) electrons. The second kappa shape index (κ2) is 11.8. The number of anilines is 2. The molecule has 2 aromatic rings. The molecule has 0 aromatic heterocycles. The van der Waals surface area contributed by atoms with Gasteiger partial charge >= 0.3 is 27.9 Å². The normalized spacial score (nSPS) is 15.9. The fourth-order valence-corrected chi connectivity index (χ4v) is 2.53. The Kier molecular flexibility index (Phi) is 9.29. The van der Waals surface area contributed by atoms with Crippen LogP contribution in [0.2, 0.25) is 0 Å². The van der Waals surface area contributed by atoms with E-state index in [-0.39, 0.29) is 0 Å². The third-order valence-corrected chi connectivity index (χ3v) is 3.94. The molecule has 1 aliphatic heterocycles. The number of rotatable bonds is 1. The van der Waals surface area contributed by atoms with E-state index in [4.69, 9.17) is 0 Å². The number of aliphatic imine (C=N–C) groups is 1. The zero-order valence-electron chi connectivity index (χ0n) is 14.7. The first-order valence-electron chi connectivity index (χ1n) is 8.58. The van der Waals surface area contributed by atoms with E-state index in [2.05, 4.69) is 67.9 Å². The first-order chi connectivity index (χ1) is 12.9. The van der Waals surface area contributed by atoms with E-state index in [1.165, 1.54) is 0 Å². The van der Waals surface area contributed by atoms with E-state index in [1.807, 2.05) is 48.8 Å². The van der Waals surface area contributed by atoms with Crippen LogP contribution in [0.15, 0.2) is 65.3 Å². The van der Waals surface area contributed by atoms with Crippen molar-refractivity contribution in [2.45, 2.75) is 19.8 Å². The molecule has 1 aliphatic rings. The summed E-state index contributed by atoms with van der Waals surface area (Å²) in [5, 5.41) is 11.6. The fourth-order valence-electron chi connectivity index (χ4n) is 2.53. The number of fused-ring (bicyclic) bond motifs is 2. The topological polar surface area (TPSA) is 50.5 Å². The minimum absolute atomic E-state index is 0.887. The molecule has 6 heteroatoms. The van der Waals surface area contributed by atoms with Crippen molar-refractivity contribution in [3.05, 3.63) is 65.6 Å². The molecule has 1 heterocycles. The molecule has 141 valence electrons. The summed E-state index contributed by atoms with van der Waals surface area (Å²) in [5.74, 6) is 0. The van der Waals surface area contributed by atoms with Gasteiger partial charge in [0.25, 0.3) is 0 Å². The zero-order chi connectivity index (χ0) is 18.6. The van der Waals surface area contributed by atoms with Gasteiger partial charge in [-0.05, 0) is 31.0 Å². The summed E-state index contributed by atoms with van der Waals surface area (Å²) < 4.78 is 0. The van der Waals surface area contributed by atoms with Crippen LogP contribution >= 0.6 is 14.2 Å². The maximum absolute atomic E-state index is 4.65. The third-order valence-electron chi connectivity index (χ3n) is 3.94. The minimum atomic E-state index is 0.887. The number of benzene rings is 2. The molecule has 0 saturated heterocycles. The molecular formula is C20H23BrN4Ni-. The van der Waals surface area contributed by atoms with Crippen LogP contribution < -0.4 is 10.6 Å². The number of para-hydroxylation sites is 4. The maximum atomic E-state index is 4.65. The van der Waals surface area contributed by atoms with E-state index in [0.29, 0.717) is 0 Å². The first kappa shape index (κ1) is 20.5. The van der Waals surface area contributed by atoms with E-state index in [1.54, 1.807) is 0 Å². The summed E-state index contributed by atoms with van der Waals surface area (Å²) >= 11 is 6.25. The van der Waals surface area contributed by atoms with Gasteiger partial charge in [-0.1, -0.05) is 42.8 Å². The SMILES string of the molecule is CC/C1=C/[N-]c2ccccc2NCCCNc2ccccc2N=C1.[Ni][Br]. The van der Waals surface area contributed by atoms with Crippen LogP contribution in [0.5, 0.6) is 0 Å². The molecule has 26 heavy (non-hydrogen) atoms. The average Bonchev–Trinajstić information content (AvgIpc) is 2.70. The van der Waals surface area contributed by atoms with Gasteiger partial charge in [0.2, 0.25) is 0 Å². The third kappa shape index (κ3) is 6.19. The summed E-state index contributed by atoms with van der Waals surface area (Å²) in [6, 6.07) is 16.3. The number of hydrogen-bond acceptors (Lipinski definition) is 3. The van der Waals surface area contributed by atoms with Crippen LogP contribution in [0, 0.1) is 0 Å². The van der Waals surface area contributed by atoms with Crippen molar-refractivity contribution in [3.63, 3.8) is 0 Å². The van der Waals surface area contributed by atoms with Crippen molar-refractivity contribution >= 4 is 43.2 Å². The Morgan fingerprint density at radius 2 is 1.65 bits per heavy atom. The van der Waals surface area contributed by atoms with Crippen LogP contribution in [0.3, 0.4) is 0 Å². The number of halogens is 1. The first-order valence-corrected chi connectivity index (χ1v) is 11.0. The molecule has 0 spiro atoms.